The van der Waals surface area contributed by atoms with Gasteiger partial charge in [0.25, 0.3) is 0 Å². The number of carbonyl (C=O) groups is 1. The lowest BCUT2D eigenvalue weighted by atomic mass is 9.54. The van der Waals surface area contributed by atoms with E-state index in [1.54, 1.807) is 11.8 Å². The molecule has 1 N–H and O–H groups in total. The minimum absolute atomic E-state index is 0.215. The molecule has 1 spiro atoms. The van der Waals surface area contributed by atoms with E-state index in [2.05, 4.69) is 5.32 Å². The van der Waals surface area contributed by atoms with E-state index in [0.29, 0.717) is 29.9 Å². The molecule has 0 unspecified atom stereocenters. The van der Waals surface area contributed by atoms with Crippen LogP contribution in [0, 0.1) is 11.3 Å². The summed E-state index contributed by atoms with van der Waals surface area (Å²) in [7, 11) is 0. The Kier molecular flexibility index (Phi) is 4.89. The molecule has 5 heteroatoms. The molecule has 2 heterocycles. The molecule has 0 aromatic rings. The van der Waals surface area contributed by atoms with E-state index < -0.39 is 0 Å². The molecule has 4 rings (SSSR count). The van der Waals surface area contributed by atoms with Gasteiger partial charge in [0.05, 0.1) is 18.0 Å². The van der Waals surface area contributed by atoms with E-state index in [1.165, 1.54) is 38.5 Å². The summed E-state index contributed by atoms with van der Waals surface area (Å²) in [5, 5.41) is 3.38. The smallest absolute Gasteiger partial charge is 0.230 e. The lowest BCUT2D eigenvalue weighted by Crippen LogP contribution is -2.68. The van der Waals surface area contributed by atoms with Crippen LogP contribution >= 0.6 is 11.8 Å². The Labute approximate surface area is 143 Å². The second-order valence-electron chi connectivity index (χ2n) is 7.73. The first-order valence-electron chi connectivity index (χ1n) is 9.40. The maximum absolute atomic E-state index is 12.4. The normalized spacial score (nSPS) is 38.3. The third-order valence-electron chi connectivity index (χ3n) is 6.41. The van der Waals surface area contributed by atoms with Gasteiger partial charge < -0.3 is 14.8 Å². The summed E-state index contributed by atoms with van der Waals surface area (Å²) in [6, 6.07) is 0.372. The molecule has 0 bridgehead atoms. The molecule has 2 aliphatic heterocycles. The van der Waals surface area contributed by atoms with Gasteiger partial charge in [0.1, 0.15) is 0 Å². The highest BCUT2D eigenvalue weighted by atomic mass is 32.2. The lowest BCUT2D eigenvalue weighted by Gasteiger charge is -2.56. The van der Waals surface area contributed by atoms with E-state index in [0.717, 1.165) is 31.8 Å². The Hall–Kier alpha value is -0.260. The first-order chi connectivity index (χ1) is 11.3. The van der Waals surface area contributed by atoms with E-state index in [-0.39, 0.29) is 11.3 Å². The minimum atomic E-state index is 0.215. The molecule has 2 aliphatic carbocycles. The summed E-state index contributed by atoms with van der Waals surface area (Å²) in [6.45, 7) is 1.78. The van der Waals surface area contributed by atoms with Crippen LogP contribution in [-0.4, -0.2) is 48.9 Å². The highest BCUT2D eigenvalue weighted by molar-refractivity contribution is 7.99. The van der Waals surface area contributed by atoms with Gasteiger partial charge in [0.15, 0.2) is 0 Å². The van der Waals surface area contributed by atoms with Crippen molar-refractivity contribution in [3.05, 3.63) is 0 Å². The Morgan fingerprint density at radius 1 is 1.09 bits per heavy atom. The van der Waals surface area contributed by atoms with Crippen LogP contribution in [0.25, 0.3) is 0 Å². The van der Waals surface area contributed by atoms with Crippen LogP contribution in [0.3, 0.4) is 0 Å². The van der Waals surface area contributed by atoms with Gasteiger partial charge in [0.2, 0.25) is 5.91 Å². The molecule has 4 aliphatic rings. The SMILES string of the molecule is O=C(CSC[C@@H]1CCCCO1)N[C@@H]1[C@H]2CCO[C@H]2C12CCCC2. The predicted molar refractivity (Wildman–Crippen MR) is 91.6 cm³/mol. The molecule has 0 aromatic heterocycles. The molecule has 0 aromatic carbocycles. The van der Waals surface area contributed by atoms with E-state index >= 15 is 0 Å². The fourth-order valence-electron chi connectivity index (χ4n) is 5.34. The quantitative estimate of drug-likeness (QED) is 0.837. The number of nitrogens with one attached hydrogen (secondary N) is 1. The van der Waals surface area contributed by atoms with Gasteiger partial charge in [-0.25, -0.2) is 0 Å². The fraction of sp³-hybridized carbons (Fsp3) is 0.944. The molecule has 0 radical (unpaired) electrons. The molecule has 1 amide bonds. The van der Waals surface area contributed by atoms with Crippen molar-refractivity contribution in [3.63, 3.8) is 0 Å². The highest BCUT2D eigenvalue weighted by Crippen LogP contribution is 2.60. The molecule has 130 valence electrons. The first-order valence-corrected chi connectivity index (χ1v) is 10.6. The predicted octanol–water partition coefficient (Wildman–Crippen LogP) is 2.75. The van der Waals surface area contributed by atoms with Crippen molar-refractivity contribution >= 4 is 17.7 Å². The number of rotatable bonds is 5. The van der Waals surface area contributed by atoms with Gasteiger partial charge in [0, 0.05) is 36.3 Å². The summed E-state index contributed by atoms with van der Waals surface area (Å²) < 4.78 is 11.7. The van der Waals surface area contributed by atoms with Gasteiger partial charge in [-0.15, -0.1) is 11.8 Å². The number of thioether (sulfide) groups is 1. The van der Waals surface area contributed by atoms with Crippen LogP contribution in [0.2, 0.25) is 0 Å². The van der Waals surface area contributed by atoms with Gasteiger partial charge in [-0.1, -0.05) is 12.8 Å². The van der Waals surface area contributed by atoms with Crippen molar-refractivity contribution in [2.45, 2.75) is 69.6 Å². The third kappa shape index (κ3) is 3.05. The number of ether oxygens (including phenoxy) is 2. The second kappa shape index (κ2) is 6.93. The second-order valence-corrected chi connectivity index (χ2v) is 8.76. The van der Waals surface area contributed by atoms with Crippen LogP contribution in [-0.2, 0) is 14.3 Å². The Morgan fingerprint density at radius 3 is 2.74 bits per heavy atom. The molecule has 4 atom stereocenters. The summed E-state index contributed by atoms with van der Waals surface area (Å²) >= 11 is 1.73. The van der Waals surface area contributed by atoms with Crippen molar-refractivity contribution in [2.75, 3.05) is 24.7 Å². The van der Waals surface area contributed by atoms with E-state index in [9.17, 15) is 4.79 Å². The largest absolute Gasteiger partial charge is 0.377 e. The van der Waals surface area contributed by atoms with Crippen molar-refractivity contribution in [1.29, 1.82) is 0 Å². The summed E-state index contributed by atoms with van der Waals surface area (Å²) in [4.78, 5) is 12.4. The minimum Gasteiger partial charge on any atom is -0.377 e. The van der Waals surface area contributed by atoms with E-state index in [4.69, 9.17) is 9.47 Å². The third-order valence-corrected chi connectivity index (χ3v) is 7.49. The van der Waals surface area contributed by atoms with Crippen molar-refractivity contribution in [3.8, 4) is 0 Å². The van der Waals surface area contributed by atoms with Crippen molar-refractivity contribution in [1.82, 2.24) is 5.32 Å². The van der Waals surface area contributed by atoms with Crippen molar-refractivity contribution < 1.29 is 14.3 Å². The zero-order valence-corrected chi connectivity index (χ0v) is 14.7. The Bertz CT molecular complexity index is 432. The lowest BCUT2D eigenvalue weighted by molar-refractivity contribution is -0.144. The Morgan fingerprint density at radius 2 is 1.96 bits per heavy atom. The zero-order chi connectivity index (χ0) is 15.7. The molecular formula is C18H29NO3S. The van der Waals surface area contributed by atoms with Crippen LogP contribution in [0.5, 0.6) is 0 Å². The molecule has 4 nitrogen and oxygen atoms in total. The Balaban J connectivity index is 1.25. The van der Waals surface area contributed by atoms with Crippen LogP contribution in [0.15, 0.2) is 0 Å². The van der Waals surface area contributed by atoms with Gasteiger partial charge in [-0.05, 0) is 38.5 Å². The monoisotopic (exact) mass is 339 g/mol. The number of amides is 1. The average Bonchev–Trinajstić information content (AvgIpc) is 3.22. The van der Waals surface area contributed by atoms with Crippen molar-refractivity contribution in [2.24, 2.45) is 11.3 Å². The average molecular weight is 340 g/mol. The highest BCUT2D eigenvalue weighted by Gasteiger charge is 2.65. The zero-order valence-electron chi connectivity index (χ0n) is 13.9. The number of hydrogen-bond acceptors (Lipinski definition) is 4. The molecular weight excluding hydrogens is 310 g/mol. The van der Waals surface area contributed by atoms with Gasteiger partial charge in [-0.2, -0.15) is 0 Å². The van der Waals surface area contributed by atoms with E-state index in [1.807, 2.05) is 0 Å². The fourth-order valence-corrected chi connectivity index (χ4v) is 6.25. The first kappa shape index (κ1) is 16.2. The van der Waals surface area contributed by atoms with Crippen LogP contribution in [0.1, 0.15) is 51.4 Å². The maximum atomic E-state index is 12.4. The molecule has 23 heavy (non-hydrogen) atoms. The maximum Gasteiger partial charge on any atom is 0.230 e. The van der Waals surface area contributed by atoms with Gasteiger partial charge in [-0.3, -0.25) is 4.79 Å². The molecule has 2 saturated carbocycles. The molecule has 2 saturated heterocycles. The summed E-state index contributed by atoms with van der Waals surface area (Å²) in [6.07, 6.45) is 10.6. The summed E-state index contributed by atoms with van der Waals surface area (Å²) in [5.74, 6) is 2.32. The van der Waals surface area contributed by atoms with Gasteiger partial charge >= 0.3 is 0 Å². The number of carbonyl (C=O) groups excluding carboxylic acids is 1. The summed E-state index contributed by atoms with van der Waals surface area (Å²) in [5.41, 5.74) is 0.272. The standard InChI is InChI=1S/C18H29NO3S/c20-15(12-23-11-13-5-1-4-9-21-13)19-16-14-6-10-22-17(14)18(16)7-2-3-8-18/h13-14,16-17H,1-12H2,(H,19,20)/t13-,14+,16+,17+/m0/s1. The molecule has 4 fully saturated rings. The van der Waals surface area contributed by atoms with Crippen LogP contribution < -0.4 is 5.32 Å². The number of fused-ring (bicyclic) bond motifs is 2. The number of hydrogen-bond donors (Lipinski definition) is 1. The van der Waals surface area contributed by atoms with Crippen LogP contribution in [0.4, 0.5) is 0 Å². The topological polar surface area (TPSA) is 47.6 Å².